The number of rotatable bonds is 2. The molecule has 1 atom stereocenters. The lowest BCUT2D eigenvalue weighted by molar-refractivity contribution is 0.0292. The maximum Gasteiger partial charge on any atom is 0.124 e. The lowest BCUT2D eigenvalue weighted by Gasteiger charge is -2.23. The van der Waals surface area contributed by atoms with Gasteiger partial charge >= 0.3 is 0 Å². The van der Waals surface area contributed by atoms with E-state index in [-0.39, 0.29) is 11.9 Å². The Balaban J connectivity index is 2.03. The molecule has 0 saturated carbocycles. The van der Waals surface area contributed by atoms with E-state index in [1.807, 2.05) is 0 Å². The third-order valence-electron chi connectivity index (χ3n) is 2.47. The van der Waals surface area contributed by atoms with Crippen molar-refractivity contribution >= 4 is 11.6 Å². The van der Waals surface area contributed by atoms with Gasteiger partial charge in [0.15, 0.2) is 0 Å². The first-order valence-electron chi connectivity index (χ1n) is 5.02. The van der Waals surface area contributed by atoms with Crippen LogP contribution in [0.25, 0.3) is 0 Å². The van der Waals surface area contributed by atoms with Crippen LogP contribution in [-0.2, 0) is 11.2 Å². The summed E-state index contributed by atoms with van der Waals surface area (Å²) in [5.74, 6) is -0.300. The van der Waals surface area contributed by atoms with Gasteiger partial charge in [-0.3, -0.25) is 0 Å². The highest BCUT2D eigenvalue weighted by Crippen LogP contribution is 2.19. The summed E-state index contributed by atoms with van der Waals surface area (Å²) in [6.45, 7) is 2.45. The summed E-state index contributed by atoms with van der Waals surface area (Å²) in [7, 11) is 0. The summed E-state index contributed by atoms with van der Waals surface area (Å²) in [6, 6.07) is 4.49. The van der Waals surface area contributed by atoms with Crippen LogP contribution in [-0.4, -0.2) is 25.8 Å². The van der Waals surface area contributed by atoms with E-state index >= 15 is 0 Å². The van der Waals surface area contributed by atoms with Crippen LogP contribution in [0.3, 0.4) is 0 Å². The quantitative estimate of drug-likeness (QED) is 0.838. The summed E-state index contributed by atoms with van der Waals surface area (Å²) in [5, 5.41) is 3.72. The molecule has 1 aliphatic heterocycles. The van der Waals surface area contributed by atoms with Crippen molar-refractivity contribution in [3.8, 4) is 0 Å². The first-order valence-corrected chi connectivity index (χ1v) is 5.40. The minimum atomic E-state index is -0.300. The van der Waals surface area contributed by atoms with Crippen molar-refractivity contribution < 1.29 is 9.13 Å². The normalized spacial score (nSPS) is 21.6. The molecule has 1 fully saturated rings. The number of benzene rings is 1. The SMILES string of the molecule is Fc1ccc(CC2CNCCO2)c(Cl)c1. The zero-order valence-electron chi connectivity index (χ0n) is 8.30. The van der Waals surface area contributed by atoms with Gasteiger partial charge in [-0.15, -0.1) is 0 Å². The Hall–Kier alpha value is -0.640. The molecule has 0 bridgehead atoms. The van der Waals surface area contributed by atoms with Gasteiger partial charge in [0.05, 0.1) is 12.7 Å². The first kappa shape index (κ1) is 10.9. The molecule has 4 heteroatoms. The zero-order chi connectivity index (χ0) is 10.7. The van der Waals surface area contributed by atoms with E-state index in [0.29, 0.717) is 5.02 Å². The second-order valence-corrected chi connectivity index (χ2v) is 4.04. The molecule has 0 aliphatic carbocycles. The fourth-order valence-electron chi connectivity index (χ4n) is 1.68. The van der Waals surface area contributed by atoms with Gasteiger partial charge in [-0.1, -0.05) is 17.7 Å². The minimum absolute atomic E-state index is 0.140. The molecular formula is C11H13ClFNO. The molecular weight excluding hydrogens is 217 g/mol. The van der Waals surface area contributed by atoms with Crippen LogP contribution in [0.1, 0.15) is 5.56 Å². The molecule has 1 aliphatic rings. The van der Waals surface area contributed by atoms with Gasteiger partial charge < -0.3 is 10.1 Å². The van der Waals surface area contributed by atoms with E-state index in [0.717, 1.165) is 31.7 Å². The number of morpholine rings is 1. The van der Waals surface area contributed by atoms with Gasteiger partial charge in [-0.2, -0.15) is 0 Å². The van der Waals surface area contributed by atoms with Crippen LogP contribution >= 0.6 is 11.6 Å². The average Bonchev–Trinajstić information content (AvgIpc) is 2.24. The van der Waals surface area contributed by atoms with Crippen LogP contribution in [0.4, 0.5) is 4.39 Å². The van der Waals surface area contributed by atoms with Gasteiger partial charge in [-0.05, 0) is 17.7 Å². The van der Waals surface area contributed by atoms with Crippen molar-refractivity contribution in [2.75, 3.05) is 19.7 Å². The summed E-state index contributed by atoms with van der Waals surface area (Å²) >= 11 is 5.93. The van der Waals surface area contributed by atoms with Gasteiger partial charge in [0.1, 0.15) is 5.82 Å². The van der Waals surface area contributed by atoms with Crippen LogP contribution in [0.5, 0.6) is 0 Å². The first-order chi connectivity index (χ1) is 7.25. The number of halogens is 2. The van der Waals surface area contributed by atoms with Crippen LogP contribution in [0, 0.1) is 5.82 Å². The van der Waals surface area contributed by atoms with Crippen molar-refractivity contribution in [1.82, 2.24) is 5.32 Å². The Morgan fingerprint density at radius 3 is 3.07 bits per heavy atom. The highest BCUT2D eigenvalue weighted by atomic mass is 35.5. The van der Waals surface area contributed by atoms with Crippen LogP contribution in [0.15, 0.2) is 18.2 Å². The Bertz CT molecular complexity index is 339. The Morgan fingerprint density at radius 1 is 1.53 bits per heavy atom. The van der Waals surface area contributed by atoms with Crippen molar-refractivity contribution in [3.05, 3.63) is 34.6 Å². The Kier molecular flexibility index (Phi) is 3.57. The van der Waals surface area contributed by atoms with Crippen LogP contribution < -0.4 is 5.32 Å². The van der Waals surface area contributed by atoms with E-state index < -0.39 is 0 Å². The van der Waals surface area contributed by atoms with Crippen molar-refractivity contribution in [2.24, 2.45) is 0 Å². The summed E-state index contributed by atoms with van der Waals surface area (Å²) < 4.78 is 18.4. The molecule has 1 unspecified atom stereocenters. The van der Waals surface area contributed by atoms with Crippen molar-refractivity contribution in [1.29, 1.82) is 0 Å². The Labute approximate surface area is 93.4 Å². The van der Waals surface area contributed by atoms with E-state index in [4.69, 9.17) is 16.3 Å². The molecule has 1 aromatic rings. The third kappa shape index (κ3) is 2.91. The fraction of sp³-hybridized carbons (Fsp3) is 0.455. The Morgan fingerprint density at radius 2 is 2.40 bits per heavy atom. The lowest BCUT2D eigenvalue weighted by Crippen LogP contribution is -2.39. The molecule has 2 nitrogen and oxygen atoms in total. The van der Waals surface area contributed by atoms with E-state index in [1.165, 1.54) is 12.1 Å². The largest absolute Gasteiger partial charge is 0.375 e. The summed E-state index contributed by atoms with van der Waals surface area (Å²) in [4.78, 5) is 0. The molecule has 15 heavy (non-hydrogen) atoms. The maximum absolute atomic E-state index is 12.8. The predicted octanol–water partition coefficient (Wildman–Crippen LogP) is 2.01. The number of hydrogen-bond donors (Lipinski definition) is 1. The van der Waals surface area contributed by atoms with E-state index in [9.17, 15) is 4.39 Å². The smallest absolute Gasteiger partial charge is 0.124 e. The number of hydrogen-bond acceptors (Lipinski definition) is 2. The second kappa shape index (κ2) is 4.92. The zero-order valence-corrected chi connectivity index (χ0v) is 9.06. The van der Waals surface area contributed by atoms with Gasteiger partial charge in [-0.25, -0.2) is 4.39 Å². The molecule has 0 radical (unpaired) electrons. The number of nitrogens with one attached hydrogen (secondary N) is 1. The molecule has 0 amide bonds. The minimum Gasteiger partial charge on any atom is -0.375 e. The van der Waals surface area contributed by atoms with Crippen LogP contribution in [0.2, 0.25) is 5.02 Å². The molecule has 2 rings (SSSR count). The monoisotopic (exact) mass is 229 g/mol. The van der Waals surface area contributed by atoms with Gasteiger partial charge in [0.25, 0.3) is 0 Å². The van der Waals surface area contributed by atoms with Crippen molar-refractivity contribution in [2.45, 2.75) is 12.5 Å². The highest BCUT2D eigenvalue weighted by molar-refractivity contribution is 6.31. The van der Waals surface area contributed by atoms with E-state index in [1.54, 1.807) is 6.07 Å². The lowest BCUT2D eigenvalue weighted by atomic mass is 10.1. The molecule has 82 valence electrons. The van der Waals surface area contributed by atoms with Crippen molar-refractivity contribution in [3.63, 3.8) is 0 Å². The van der Waals surface area contributed by atoms with Gasteiger partial charge in [0.2, 0.25) is 0 Å². The number of ether oxygens (including phenoxy) is 1. The topological polar surface area (TPSA) is 21.3 Å². The third-order valence-corrected chi connectivity index (χ3v) is 2.82. The summed E-state index contributed by atoms with van der Waals surface area (Å²) in [5.41, 5.74) is 0.937. The standard InChI is InChI=1S/C11H13ClFNO/c12-11-6-9(13)2-1-8(11)5-10-7-14-3-4-15-10/h1-2,6,10,14H,3-5,7H2. The molecule has 0 aromatic heterocycles. The average molecular weight is 230 g/mol. The predicted molar refractivity (Wildman–Crippen MR) is 57.7 cm³/mol. The second-order valence-electron chi connectivity index (χ2n) is 3.64. The van der Waals surface area contributed by atoms with Gasteiger partial charge in [0, 0.05) is 24.5 Å². The maximum atomic E-state index is 12.8. The summed E-state index contributed by atoms with van der Waals surface area (Å²) in [6.07, 6.45) is 0.869. The fourth-order valence-corrected chi connectivity index (χ4v) is 1.93. The molecule has 0 spiro atoms. The molecule has 1 aromatic carbocycles. The molecule has 1 heterocycles. The highest BCUT2D eigenvalue weighted by Gasteiger charge is 2.15. The van der Waals surface area contributed by atoms with E-state index in [2.05, 4.69) is 5.32 Å². The molecule has 1 N–H and O–H groups in total. The molecule has 1 saturated heterocycles.